The highest BCUT2D eigenvalue weighted by molar-refractivity contribution is 6.04. The Morgan fingerprint density at radius 2 is 1.72 bits per heavy atom. The highest BCUT2D eigenvalue weighted by Crippen LogP contribution is 2.28. The molecule has 4 N–H and O–H groups in total. The Kier molecular flexibility index (Phi) is 5.32. The number of hydrogen-bond acceptors (Lipinski definition) is 5. The molecule has 1 fully saturated rings. The Morgan fingerprint density at radius 1 is 1.00 bits per heavy atom. The standard InChI is InChI=1S/C24H23F2N5O/c25-17-5-1-15(2-6-17)13-24(27)30-21-10-9-20(16-3-7-18(26)8-4-16)29-22(21)23(31-24)28-19-11-12-32-14-19/h1-10,19,30H,11-14,27H2,(H,28,31). The number of anilines is 1. The van der Waals surface area contributed by atoms with Crippen LogP contribution in [0.15, 0.2) is 65.7 Å². The molecule has 32 heavy (non-hydrogen) atoms. The fraction of sp³-hybridized carbons (Fsp3) is 0.250. The molecule has 5 rings (SSSR count). The number of ether oxygens (including phenoxy) is 1. The Hall–Kier alpha value is -3.36. The predicted molar refractivity (Wildman–Crippen MR) is 119 cm³/mol. The summed E-state index contributed by atoms with van der Waals surface area (Å²) in [5.74, 6) is -1.06. The monoisotopic (exact) mass is 435 g/mol. The fourth-order valence-corrected chi connectivity index (χ4v) is 3.98. The van der Waals surface area contributed by atoms with Gasteiger partial charge in [-0.2, -0.15) is 0 Å². The minimum absolute atomic E-state index is 0.00907. The summed E-state index contributed by atoms with van der Waals surface area (Å²) in [6.45, 7) is 1.21. The first-order chi connectivity index (χ1) is 15.5. The lowest BCUT2D eigenvalue weighted by Gasteiger charge is -2.39. The first-order valence-electron chi connectivity index (χ1n) is 10.5. The van der Waals surface area contributed by atoms with E-state index in [9.17, 15) is 8.78 Å². The van der Waals surface area contributed by atoms with E-state index >= 15 is 0 Å². The Bertz CT molecular complexity index is 1140. The van der Waals surface area contributed by atoms with E-state index < -0.39 is 5.79 Å². The van der Waals surface area contributed by atoms with E-state index in [4.69, 9.17) is 20.4 Å². The van der Waals surface area contributed by atoms with Crippen molar-refractivity contribution in [1.29, 1.82) is 0 Å². The third kappa shape index (κ3) is 4.32. The van der Waals surface area contributed by atoms with Gasteiger partial charge in [-0.25, -0.2) is 13.8 Å². The van der Waals surface area contributed by atoms with E-state index in [-0.39, 0.29) is 17.7 Å². The van der Waals surface area contributed by atoms with Crippen molar-refractivity contribution in [2.24, 2.45) is 10.7 Å². The molecule has 0 spiro atoms. The molecule has 0 saturated carbocycles. The second-order valence-corrected chi connectivity index (χ2v) is 8.12. The van der Waals surface area contributed by atoms with E-state index in [0.29, 0.717) is 36.9 Å². The highest BCUT2D eigenvalue weighted by atomic mass is 19.1. The first kappa shape index (κ1) is 20.5. The number of rotatable bonds is 4. The van der Waals surface area contributed by atoms with Crippen LogP contribution in [0.1, 0.15) is 17.7 Å². The van der Waals surface area contributed by atoms with Gasteiger partial charge in [-0.15, -0.1) is 0 Å². The van der Waals surface area contributed by atoms with Crippen LogP contribution in [0.2, 0.25) is 0 Å². The van der Waals surface area contributed by atoms with Crippen LogP contribution in [0.25, 0.3) is 11.3 Å². The van der Waals surface area contributed by atoms with E-state index in [1.165, 1.54) is 24.3 Å². The maximum absolute atomic E-state index is 13.3. The molecular weight excluding hydrogens is 412 g/mol. The molecule has 0 amide bonds. The summed E-state index contributed by atoms with van der Waals surface area (Å²) in [5, 5.41) is 6.63. The summed E-state index contributed by atoms with van der Waals surface area (Å²) in [6.07, 6.45) is 1.22. The second-order valence-electron chi connectivity index (χ2n) is 8.12. The number of aromatic nitrogens is 1. The van der Waals surface area contributed by atoms with Gasteiger partial charge in [-0.1, -0.05) is 12.1 Å². The molecule has 0 radical (unpaired) electrons. The maximum atomic E-state index is 13.3. The molecule has 2 aliphatic heterocycles. The molecular formula is C24H23F2N5O. The number of halogens is 2. The number of nitrogens with two attached hydrogens (primary N) is 1. The molecule has 6 nitrogen and oxygen atoms in total. The van der Waals surface area contributed by atoms with Crippen molar-refractivity contribution in [3.8, 4) is 11.3 Å². The number of pyridine rings is 1. The number of fused-ring (bicyclic) bond motifs is 1. The third-order valence-electron chi connectivity index (χ3n) is 5.57. The van der Waals surface area contributed by atoms with Crippen molar-refractivity contribution in [1.82, 2.24) is 10.3 Å². The zero-order chi connectivity index (χ0) is 22.1. The van der Waals surface area contributed by atoms with E-state index in [1.54, 1.807) is 24.3 Å². The summed E-state index contributed by atoms with van der Waals surface area (Å²) in [4.78, 5) is 9.65. The van der Waals surface area contributed by atoms with Gasteiger partial charge in [0, 0.05) is 18.6 Å². The van der Waals surface area contributed by atoms with Crippen molar-refractivity contribution >= 4 is 11.5 Å². The number of aliphatic imine (C=N–C) groups is 1. The van der Waals surface area contributed by atoms with Gasteiger partial charge in [0.2, 0.25) is 0 Å². The highest BCUT2D eigenvalue weighted by Gasteiger charge is 2.35. The summed E-state index contributed by atoms with van der Waals surface area (Å²) >= 11 is 0. The zero-order valence-electron chi connectivity index (χ0n) is 17.3. The predicted octanol–water partition coefficient (Wildman–Crippen LogP) is 3.43. The Labute approximate surface area is 184 Å². The number of nitrogens with zero attached hydrogens (tertiary/aromatic N) is 2. The molecule has 3 heterocycles. The summed E-state index contributed by atoms with van der Waals surface area (Å²) in [6, 6.07) is 16.2. The van der Waals surface area contributed by atoms with Crippen LogP contribution in [0.5, 0.6) is 0 Å². The van der Waals surface area contributed by atoms with Gasteiger partial charge in [0.15, 0.2) is 11.6 Å². The van der Waals surface area contributed by atoms with E-state index in [0.717, 1.165) is 23.2 Å². The Morgan fingerprint density at radius 3 is 2.41 bits per heavy atom. The first-order valence-corrected chi connectivity index (χ1v) is 10.5. The van der Waals surface area contributed by atoms with Crippen molar-refractivity contribution in [2.45, 2.75) is 24.7 Å². The quantitative estimate of drug-likeness (QED) is 0.585. The topological polar surface area (TPSA) is 84.6 Å². The van der Waals surface area contributed by atoms with Crippen molar-refractivity contribution in [3.63, 3.8) is 0 Å². The average Bonchev–Trinajstić information content (AvgIpc) is 3.29. The van der Waals surface area contributed by atoms with Gasteiger partial charge in [0.05, 0.1) is 24.0 Å². The third-order valence-corrected chi connectivity index (χ3v) is 5.57. The molecule has 0 bridgehead atoms. The van der Waals surface area contributed by atoms with Gasteiger partial charge in [0.25, 0.3) is 0 Å². The van der Waals surface area contributed by atoms with Crippen LogP contribution in [0.4, 0.5) is 14.5 Å². The van der Waals surface area contributed by atoms with Gasteiger partial charge in [0.1, 0.15) is 17.3 Å². The van der Waals surface area contributed by atoms with E-state index in [1.807, 2.05) is 12.1 Å². The van der Waals surface area contributed by atoms with Crippen LogP contribution >= 0.6 is 0 Å². The largest absolute Gasteiger partial charge is 0.379 e. The summed E-state index contributed by atoms with van der Waals surface area (Å²) < 4.78 is 32.1. The SMILES string of the molecule is NC1(Cc2ccc(F)cc2)NC(=NC2CCOC2)c2nc(-c3ccc(F)cc3)ccc2N1. The van der Waals surface area contributed by atoms with Crippen LogP contribution in [-0.4, -0.2) is 35.9 Å². The average molecular weight is 435 g/mol. The van der Waals surface area contributed by atoms with Gasteiger partial charge in [-0.3, -0.25) is 10.7 Å². The molecule has 2 aromatic carbocycles. The lowest BCUT2D eigenvalue weighted by atomic mass is 10.0. The molecule has 164 valence electrons. The zero-order valence-corrected chi connectivity index (χ0v) is 17.3. The smallest absolute Gasteiger partial charge is 0.167 e. The molecule has 1 aromatic heterocycles. The van der Waals surface area contributed by atoms with Crippen LogP contribution in [-0.2, 0) is 11.2 Å². The van der Waals surface area contributed by atoms with Crippen molar-refractivity contribution < 1.29 is 13.5 Å². The second kappa shape index (κ2) is 8.29. The van der Waals surface area contributed by atoms with E-state index in [2.05, 4.69) is 10.6 Å². The van der Waals surface area contributed by atoms with Crippen LogP contribution in [0.3, 0.4) is 0 Å². The molecule has 2 aliphatic rings. The molecule has 1 saturated heterocycles. The minimum atomic E-state index is -1.04. The molecule has 2 atom stereocenters. The van der Waals surface area contributed by atoms with Gasteiger partial charge >= 0.3 is 0 Å². The molecule has 8 heteroatoms. The molecule has 0 aliphatic carbocycles. The molecule has 3 aromatic rings. The summed E-state index contributed by atoms with van der Waals surface area (Å²) in [5.41, 5.74) is 10.4. The minimum Gasteiger partial charge on any atom is -0.379 e. The van der Waals surface area contributed by atoms with Crippen molar-refractivity contribution in [3.05, 3.63) is 83.6 Å². The van der Waals surface area contributed by atoms with Crippen LogP contribution < -0.4 is 16.4 Å². The van der Waals surface area contributed by atoms with Gasteiger partial charge < -0.3 is 15.4 Å². The lowest BCUT2D eigenvalue weighted by molar-refractivity contribution is 0.194. The van der Waals surface area contributed by atoms with Gasteiger partial charge in [-0.05, 0) is 60.5 Å². The normalized spacial score (nSPS) is 23.5. The Balaban J connectivity index is 1.52. The summed E-state index contributed by atoms with van der Waals surface area (Å²) in [7, 11) is 0. The number of amidine groups is 1. The number of benzene rings is 2. The lowest BCUT2D eigenvalue weighted by Crippen LogP contribution is -2.65. The van der Waals surface area contributed by atoms with Crippen LogP contribution in [0, 0.1) is 11.6 Å². The number of nitrogens with one attached hydrogen (secondary N) is 2. The maximum Gasteiger partial charge on any atom is 0.167 e. The molecule has 2 unspecified atom stereocenters. The van der Waals surface area contributed by atoms with Crippen molar-refractivity contribution in [2.75, 3.05) is 18.5 Å². The number of hydrogen-bond donors (Lipinski definition) is 3. The fourth-order valence-electron chi connectivity index (χ4n) is 3.98.